The topological polar surface area (TPSA) is 27.0 Å². The molecule has 2 saturated carbocycles. The Kier molecular flexibility index (Phi) is 4.23. The first kappa shape index (κ1) is 11.9. The van der Waals surface area contributed by atoms with Crippen LogP contribution in [0.1, 0.15) is 51.9 Å². The number of nitrogens with zero attached hydrogens (tertiary/aromatic N) is 2. The van der Waals surface area contributed by atoms with Gasteiger partial charge in [-0.1, -0.05) is 26.2 Å². The molecule has 0 bridgehead atoms. The molecule has 0 spiro atoms. The summed E-state index contributed by atoms with van der Waals surface area (Å²) in [5, 5.41) is 9.30. The Morgan fingerprint density at radius 1 is 1.12 bits per heavy atom. The molecule has 0 amide bonds. The first-order valence-corrected chi connectivity index (χ1v) is 6.98. The summed E-state index contributed by atoms with van der Waals surface area (Å²) in [5.74, 6) is 1.24. The summed E-state index contributed by atoms with van der Waals surface area (Å²) < 4.78 is 0. The van der Waals surface area contributed by atoms with Gasteiger partial charge in [-0.25, -0.2) is 0 Å². The van der Waals surface area contributed by atoms with E-state index in [4.69, 9.17) is 0 Å². The van der Waals surface area contributed by atoms with Gasteiger partial charge in [-0.2, -0.15) is 5.26 Å². The van der Waals surface area contributed by atoms with Gasteiger partial charge in [0.1, 0.15) is 0 Å². The van der Waals surface area contributed by atoms with Crippen LogP contribution in [0.3, 0.4) is 0 Å². The van der Waals surface area contributed by atoms with E-state index in [1.165, 1.54) is 45.1 Å². The molecule has 2 fully saturated rings. The Hall–Kier alpha value is -0.550. The average molecular weight is 220 g/mol. The summed E-state index contributed by atoms with van der Waals surface area (Å²) in [6.07, 6.45) is 9.12. The van der Waals surface area contributed by atoms with Crippen molar-refractivity contribution >= 4 is 0 Å². The normalized spacial score (nSPS) is 31.1. The van der Waals surface area contributed by atoms with E-state index in [0.717, 1.165) is 18.9 Å². The summed E-state index contributed by atoms with van der Waals surface area (Å²) in [4.78, 5) is 2.59. The van der Waals surface area contributed by atoms with Crippen molar-refractivity contribution in [2.75, 3.05) is 13.1 Å². The van der Waals surface area contributed by atoms with E-state index in [-0.39, 0.29) is 0 Å². The lowest BCUT2D eigenvalue weighted by Crippen LogP contribution is -2.41. The van der Waals surface area contributed by atoms with Crippen LogP contribution in [0.15, 0.2) is 0 Å². The summed E-state index contributed by atoms with van der Waals surface area (Å²) in [6.45, 7) is 4.63. The van der Waals surface area contributed by atoms with Gasteiger partial charge in [-0.05, 0) is 38.1 Å². The molecule has 0 aromatic heterocycles. The van der Waals surface area contributed by atoms with Crippen molar-refractivity contribution in [3.8, 4) is 6.07 Å². The van der Waals surface area contributed by atoms with Gasteiger partial charge < -0.3 is 0 Å². The lowest BCUT2D eigenvalue weighted by atomic mass is 9.94. The van der Waals surface area contributed by atoms with Crippen molar-refractivity contribution in [3.63, 3.8) is 0 Å². The maximum Gasteiger partial charge on any atom is 0.0672 e. The van der Waals surface area contributed by atoms with Gasteiger partial charge in [-0.15, -0.1) is 0 Å². The molecule has 0 N–H and O–H groups in total. The fourth-order valence-corrected chi connectivity index (χ4v) is 3.01. The van der Waals surface area contributed by atoms with E-state index in [1.807, 2.05) is 0 Å². The monoisotopic (exact) mass is 220 g/mol. The van der Waals surface area contributed by atoms with Crippen LogP contribution in [0.5, 0.6) is 0 Å². The Balaban J connectivity index is 1.97. The van der Waals surface area contributed by atoms with Crippen LogP contribution in [0.2, 0.25) is 0 Å². The highest BCUT2D eigenvalue weighted by Crippen LogP contribution is 2.33. The van der Waals surface area contributed by atoms with Crippen LogP contribution in [0.4, 0.5) is 0 Å². The molecule has 90 valence electrons. The Labute approximate surface area is 99.6 Å². The van der Waals surface area contributed by atoms with Gasteiger partial charge in [0, 0.05) is 12.6 Å². The van der Waals surface area contributed by atoms with Crippen molar-refractivity contribution in [2.45, 2.75) is 57.9 Å². The number of rotatable bonds is 4. The maximum atomic E-state index is 9.30. The minimum absolute atomic E-state index is 0.293. The third kappa shape index (κ3) is 2.98. The van der Waals surface area contributed by atoms with Gasteiger partial charge >= 0.3 is 0 Å². The lowest BCUT2D eigenvalue weighted by molar-refractivity contribution is 0.155. The van der Waals surface area contributed by atoms with E-state index < -0.39 is 0 Å². The molecule has 2 aliphatic carbocycles. The molecule has 0 radical (unpaired) electrons. The smallest absolute Gasteiger partial charge is 0.0672 e. The average Bonchev–Trinajstić information content (AvgIpc) is 3.12. The van der Waals surface area contributed by atoms with E-state index in [9.17, 15) is 5.26 Å². The number of nitriles is 1. The van der Waals surface area contributed by atoms with Gasteiger partial charge in [0.2, 0.25) is 0 Å². The zero-order chi connectivity index (χ0) is 11.4. The molecule has 2 heteroatoms. The maximum absolute atomic E-state index is 9.30. The molecule has 2 atom stereocenters. The predicted octanol–water partition coefficient (Wildman–Crippen LogP) is 3.19. The highest BCUT2D eigenvalue weighted by Gasteiger charge is 2.32. The van der Waals surface area contributed by atoms with Crippen LogP contribution in [0.25, 0.3) is 0 Å². The standard InChI is InChI=1S/C14H24N2/c1-2-16(11-12-8-9-12)14-7-5-3-4-6-13(14)10-15/h12-14H,2-9,11H2,1H3. The molecule has 2 aliphatic rings. The third-order valence-corrected chi connectivity index (χ3v) is 4.21. The Morgan fingerprint density at radius 2 is 1.88 bits per heavy atom. The second-order valence-electron chi connectivity index (χ2n) is 5.47. The van der Waals surface area contributed by atoms with E-state index in [0.29, 0.717) is 12.0 Å². The number of hydrogen-bond acceptors (Lipinski definition) is 2. The molecule has 2 rings (SSSR count). The summed E-state index contributed by atoms with van der Waals surface area (Å²) in [6, 6.07) is 3.11. The molecular formula is C14H24N2. The second kappa shape index (κ2) is 5.68. The molecule has 0 aromatic carbocycles. The zero-order valence-electron chi connectivity index (χ0n) is 10.5. The van der Waals surface area contributed by atoms with Crippen LogP contribution in [-0.2, 0) is 0 Å². The van der Waals surface area contributed by atoms with Crippen LogP contribution >= 0.6 is 0 Å². The molecule has 0 aromatic rings. The van der Waals surface area contributed by atoms with Gasteiger partial charge in [0.25, 0.3) is 0 Å². The molecule has 16 heavy (non-hydrogen) atoms. The Bertz CT molecular complexity index is 252. The minimum Gasteiger partial charge on any atom is -0.299 e. The highest BCUT2D eigenvalue weighted by molar-refractivity contribution is 4.95. The summed E-state index contributed by atoms with van der Waals surface area (Å²) in [5.41, 5.74) is 0. The summed E-state index contributed by atoms with van der Waals surface area (Å²) in [7, 11) is 0. The van der Waals surface area contributed by atoms with Crippen LogP contribution in [-0.4, -0.2) is 24.0 Å². The van der Waals surface area contributed by atoms with E-state index in [2.05, 4.69) is 17.9 Å². The van der Waals surface area contributed by atoms with Gasteiger partial charge in [0.15, 0.2) is 0 Å². The van der Waals surface area contributed by atoms with Crippen molar-refractivity contribution < 1.29 is 0 Å². The quantitative estimate of drug-likeness (QED) is 0.680. The Morgan fingerprint density at radius 3 is 2.50 bits per heavy atom. The summed E-state index contributed by atoms with van der Waals surface area (Å²) >= 11 is 0. The van der Waals surface area contributed by atoms with Crippen LogP contribution < -0.4 is 0 Å². The minimum atomic E-state index is 0.293. The highest BCUT2D eigenvalue weighted by atomic mass is 15.2. The van der Waals surface area contributed by atoms with Gasteiger partial charge in [0.05, 0.1) is 12.0 Å². The molecular weight excluding hydrogens is 196 g/mol. The van der Waals surface area contributed by atoms with Crippen LogP contribution in [0, 0.1) is 23.2 Å². The van der Waals surface area contributed by atoms with E-state index in [1.54, 1.807) is 0 Å². The van der Waals surface area contributed by atoms with E-state index >= 15 is 0 Å². The lowest BCUT2D eigenvalue weighted by Gasteiger charge is -2.32. The second-order valence-corrected chi connectivity index (χ2v) is 5.47. The molecule has 0 heterocycles. The number of hydrogen-bond donors (Lipinski definition) is 0. The first-order valence-electron chi connectivity index (χ1n) is 6.98. The zero-order valence-corrected chi connectivity index (χ0v) is 10.5. The first-order chi connectivity index (χ1) is 7.85. The van der Waals surface area contributed by atoms with Crippen molar-refractivity contribution in [1.29, 1.82) is 5.26 Å². The van der Waals surface area contributed by atoms with Crippen molar-refractivity contribution in [1.82, 2.24) is 4.90 Å². The SMILES string of the molecule is CCN(CC1CC1)C1CCCCCC1C#N. The fraction of sp³-hybridized carbons (Fsp3) is 0.929. The largest absolute Gasteiger partial charge is 0.299 e. The molecule has 2 unspecified atom stereocenters. The van der Waals surface area contributed by atoms with Gasteiger partial charge in [-0.3, -0.25) is 4.90 Å². The van der Waals surface area contributed by atoms with Crippen molar-refractivity contribution in [3.05, 3.63) is 0 Å². The van der Waals surface area contributed by atoms with Crippen molar-refractivity contribution in [2.24, 2.45) is 11.8 Å². The predicted molar refractivity (Wildman–Crippen MR) is 65.9 cm³/mol. The fourth-order valence-electron chi connectivity index (χ4n) is 3.01. The molecule has 2 nitrogen and oxygen atoms in total. The third-order valence-electron chi connectivity index (χ3n) is 4.21. The molecule has 0 aliphatic heterocycles. The molecule has 0 saturated heterocycles.